The number of rotatable bonds is 3. The molecule has 7 aromatic carbocycles. The van der Waals surface area contributed by atoms with E-state index < -0.39 is 0 Å². The summed E-state index contributed by atoms with van der Waals surface area (Å²) in [6.07, 6.45) is 2.02. The Labute approximate surface area is 244 Å². The minimum absolute atomic E-state index is 1.02. The van der Waals surface area contributed by atoms with E-state index >= 15 is 0 Å². The van der Waals surface area contributed by atoms with Crippen molar-refractivity contribution in [3.05, 3.63) is 152 Å². The SMILES string of the molecule is c1ccc(-c2c3c(c(-c4ccccc4)c4ccccc24)-c2cc(-c4cnc5ccccc5c4)cc4cccc-3c24)cc1. The summed E-state index contributed by atoms with van der Waals surface area (Å²) in [4.78, 5) is 4.81. The number of fused-ring (bicyclic) bond motifs is 5. The molecule has 8 aromatic rings. The van der Waals surface area contributed by atoms with Crippen LogP contribution in [0.25, 0.3) is 88.1 Å². The highest BCUT2D eigenvalue weighted by Crippen LogP contribution is 2.58. The van der Waals surface area contributed by atoms with E-state index in [2.05, 4.69) is 140 Å². The van der Waals surface area contributed by atoms with Crippen molar-refractivity contribution in [1.29, 1.82) is 0 Å². The second-order valence-electron chi connectivity index (χ2n) is 11.1. The average Bonchev–Trinajstić information content (AvgIpc) is 3.39. The monoisotopic (exact) mass is 531 g/mol. The Hall–Kier alpha value is -5.53. The quantitative estimate of drug-likeness (QED) is 0.221. The molecule has 42 heavy (non-hydrogen) atoms. The predicted molar refractivity (Wildman–Crippen MR) is 177 cm³/mol. The van der Waals surface area contributed by atoms with Gasteiger partial charge in [0.25, 0.3) is 0 Å². The molecule has 0 spiro atoms. The zero-order valence-electron chi connectivity index (χ0n) is 22.9. The third-order valence-electron chi connectivity index (χ3n) is 8.78. The van der Waals surface area contributed by atoms with Crippen LogP contribution in [0.3, 0.4) is 0 Å². The molecular formula is C41H25N. The molecule has 1 aromatic heterocycles. The molecule has 9 rings (SSSR count). The van der Waals surface area contributed by atoms with Gasteiger partial charge in [0.05, 0.1) is 5.52 Å². The summed E-state index contributed by atoms with van der Waals surface area (Å²) in [5.41, 5.74) is 13.7. The number of benzene rings is 7. The van der Waals surface area contributed by atoms with Crippen molar-refractivity contribution in [2.75, 3.05) is 0 Å². The molecule has 0 amide bonds. The van der Waals surface area contributed by atoms with Crippen molar-refractivity contribution in [2.45, 2.75) is 0 Å². The largest absolute Gasteiger partial charge is 0.256 e. The third kappa shape index (κ3) is 3.34. The van der Waals surface area contributed by atoms with Crippen LogP contribution < -0.4 is 0 Å². The van der Waals surface area contributed by atoms with Gasteiger partial charge in [-0.25, -0.2) is 0 Å². The summed E-state index contributed by atoms with van der Waals surface area (Å²) in [5, 5.41) is 6.30. The molecule has 0 fully saturated rings. The number of para-hydroxylation sites is 1. The molecule has 1 heteroatoms. The molecule has 1 heterocycles. The van der Waals surface area contributed by atoms with Crippen LogP contribution >= 0.6 is 0 Å². The Morgan fingerprint density at radius 3 is 1.64 bits per heavy atom. The smallest absolute Gasteiger partial charge is 0.0702 e. The minimum Gasteiger partial charge on any atom is -0.256 e. The highest BCUT2D eigenvalue weighted by Gasteiger charge is 2.30. The molecule has 0 saturated carbocycles. The van der Waals surface area contributed by atoms with E-state index in [0.717, 1.165) is 16.5 Å². The van der Waals surface area contributed by atoms with Crippen LogP contribution in [0.4, 0.5) is 0 Å². The fourth-order valence-corrected chi connectivity index (χ4v) is 7.02. The van der Waals surface area contributed by atoms with Gasteiger partial charge in [-0.15, -0.1) is 0 Å². The number of nitrogens with zero attached hydrogens (tertiary/aromatic N) is 1. The Bertz CT molecular complexity index is 2330. The van der Waals surface area contributed by atoms with Crippen LogP contribution in [0.1, 0.15) is 0 Å². The van der Waals surface area contributed by atoms with Crippen molar-refractivity contribution < 1.29 is 0 Å². The molecule has 0 atom stereocenters. The maximum absolute atomic E-state index is 4.81. The zero-order valence-corrected chi connectivity index (χ0v) is 22.9. The first-order chi connectivity index (χ1) is 20.8. The van der Waals surface area contributed by atoms with Crippen LogP contribution in [0.15, 0.2) is 152 Å². The summed E-state index contributed by atoms with van der Waals surface area (Å²) >= 11 is 0. The topological polar surface area (TPSA) is 12.9 Å². The molecule has 194 valence electrons. The van der Waals surface area contributed by atoms with Gasteiger partial charge in [0.1, 0.15) is 0 Å². The minimum atomic E-state index is 1.02. The first-order valence-electron chi connectivity index (χ1n) is 14.5. The Morgan fingerprint density at radius 2 is 0.929 bits per heavy atom. The molecular weight excluding hydrogens is 506 g/mol. The Morgan fingerprint density at radius 1 is 0.357 bits per heavy atom. The lowest BCUT2D eigenvalue weighted by Gasteiger charge is -2.20. The van der Waals surface area contributed by atoms with E-state index in [1.807, 2.05) is 12.3 Å². The van der Waals surface area contributed by atoms with E-state index in [1.165, 1.54) is 71.6 Å². The van der Waals surface area contributed by atoms with Gasteiger partial charge in [-0.3, -0.25) is 4.98 Å². The van der Waals surface area contributed by atoms with E-state index in [1.54, 1.807) is 0 Å². The summed E-state index contributed by atoms with van der Waals surface area (Å²) < 4.78 is 0. The zero-order chi connectivity index (χ0) is 27.6. The molecule has 1 aliphatic rings. The maximum atomic E-state index is 4.81. The van der Waals surface area contributed by atoms with Gasteiger partial charge in [0, 0.05) is 17.1 Å². The van der Waals surface area contributed by atoms with Gasteiger partial charge in [0.15, 0.2) is 0 Å². The summed E-state index contributed by atoms with van der Waals surface area (Å²) in [6, 6.07) is 52.9. The normalized spacial score (nSPS) is 11.8. The molecule has 0 saturated heterocycles. The van der Waals surface area contributed by atoms with Crippen LogP contribution in [0.5, 0.6) is 0 Å². The van der Waals surface area contributed by atoms with Crippen molar-refractivity contribution >= 4 is 32.4 Å². The van der Waals surface area contributed by atoms with Crippen molar-refractivity contribution in [3.63, 3.8) is 0 Å². The highest BCUT2D eigenvalue weighted by atomic mass is 14.6. The fourth-order valence-electron chi connectivity index (χ4n) is 7.02. The summed E-state index contributed by atoms with van der Waals surface area (Å²) in [6.45, 7) is 0. The molecule has 1 aliphatic carbocycles. The second-order valence-corrected chi connectivity index (χ2v) is 11.1. The molecule has 0 unspecified atom stereocenters. The van der Waals surface area contributed by atoms with Crippen LogP contribution in [-0.2, 0) is 0 Å². The lowest BCUT2D eigenvalue weighted by molar-refractivity contribution is 1.41. The number of hydrogen-bond donors (Lipinski definition) is 0. The van der Waals surface area contributed by atoms with Gasteiger partial charge >= 0.3 is 0 Å². The van der Waals surface area contributed by atoms with Gasteiger partial charge < -0.3 is 0 Å². The molecule has 0 bridgehead atoms. The predicted octanol–water partition coefficient (Wildman–Crippen LogP) is 11.2. The first kappa shape index (κ1) is 23.2. The molecule has 1 nitrogen and oxygen atoms in total. The maximum Gasteiger partial charge on any atom is 0.0702 e. The summed E-state index contributed by atoms with van der Waals surface area (Å²) in [5.74, 6) is 0. The van der Waals surface area contributed by atoms with Crippen LogP contribution in [-0.4, -0.2) is 4.98 Å². The molecule has 0 aliphatic heterocycles. The van der Waals surface area contributed by atoms with Gasteiger partial charge in [-0.05, 0) is 95.9 Å². The van der Waals surface area contributed by atoms with Gasteiger partial charge in [-0.2, -0.15) is 0 Å². The third-order valence-corrected chi connectivity index (χ3v) is 8.78. The Kier molecular flexibility index (Phi) is 4.97. The fraction of sp³-hybridized carbons (Fsp3) is 0. The average molecular weight is 532 g/mol. The van der Waals surface area contributed by atoms with E-state index in [-0.39, 0.29) is 0 Å². The van der Waals surface area contributed by atoms with E-state index in [0.29, 0.717) is 0 Å². The standard InChI is InChI=1S/C41H25N/c1-3-12-26(13-4-1)38-32-18-8-9-19-33(32)39(27-14-5-2-6-15-27)41-35-24-30(23-29-17-11-20-34(37(29)35)40(38)41)31-22-28-16-7-10-21-36(28)42-25-31/h1-25H. The second kappa shape index (κ2) is 8.99. The van der Waals surface area contributed by atoms with Gasteiger partial charge in [-0.1, -0.05) is 121 Å². The first-order valence-corrected chi connectivity index (χ1v) is 14.5. The summed E-state index contributed by atoms with van der Waals surface area (Å²) in [7, 11) is 0. The van der Waals surface area contributed by atoms with E-state index in [4.69, 9.17) is 4.98 Å². The van der Waals surface area contributed by atoms with Crippen molar-refractivity contribution in [1.82, 2.24) is 4.98 Å². The van der Waals surface area contributed by atoms with Crippen LogP contribution in [0.2, 0.25) is 0 Å². The number of aromatic nitrogens is 1. The lowest BCUT2D eigenvalue weighted by atomic mass is 9.82. The van der Waals surface area contributed by atoms with Gasteiger partial charge in [0.2, 0.25) is 0 Å². The highest BCUT2D eigenvalue weighted by molar-refractivity contribution is 6.28. The van der Waals surface area contributed by atoms with Crippen LogP contribution in [0, 0.1) is 0 Å². The van der Waals surface area contributed by atoms with E-state index in [9.17, 15) is 0 Å². The lowest BCUT2D eigenvalue weighted by Crippen LogP contribution is -1.93. The Balaban J connectivity index is 1.45. The molecule has 0 radical (unpaired) electrons. The van der Waals surface area contributed by atoms with Crippen molar-refractivity contribution in [2.24, 2.45) is 0 Å². The number of hydrogen-bond acceptors (Lipinski definition) is 1. The number of pyridine rings is 1. The van der Waals surface area contributed by atoms with Crippen molar-refractivity contribution in [3.8, 4) is 55.6 Å². The molecule has 0 N–H and O–H groups in total.